The van der Waals surface area contributed by atoms with Crippen molar-refractivity contribution in [3.63, 3.8) is 0 Å². The molecule has 0 unspecified atom stereocenters. The molecule has 0 saturated heterocycles. The molecule has 0 atom stereocenters. The molecule has 0 amide bonds. The highest BCUT2D eigenvalue weighted by molar-refractivity contribution is 6.12. The normalized spacial score (nSPS) is 13.1. The summed E-state index contributed by atoms with van der Waals surface area (Å²) in [6, 6.07) is 10.2. The van der Waals surface area contributed by atoms with Crippen LogP contribution < -0.4 is 0 Å². The molecule has 0 aliphatic carbocycles. The fourth-order valence-electron chi connectivity index (χ4n) is 7.70. The van der Waals surface area contributed by atoms with Crippen molar-refractivity contribution >= 4 is 43.6 Å². The van der Waals surface area contributed by atoms with Gasteiger partial charge < -0.3 is 9.13 Å². The van der Waals surface area contributed by atoms with Crippen LogP contribution in [0.2, 0.25) is 0 Å². The quantitative estimate of drug-likeness (QED) is 0.163. The summed E-state index contributed by atoms with van der Waals surface area (Å²) < 4.78 is 258. The molecule has 0 bridgehead atoms. The number of aromatic nitrogens is 2. The molecule has 344 valence electrons. The number of hydrogen-bond donors (Lipinski definition) is 0. The minimum absolute atomic E-state index is 0.190. The first-order valence-corrected chi connectivity index (χ1v) is 18.8. The third-order valence-corrected chi connectivity index (χ3v) is 10.5. The number of hydrogen-bond acceptors (Lipinski definition) is 1. The number of halogens is 18. The van der Waals surface area contributed by atoms with Crippen LogP contribution >= 0.6 is 0 Å². The number of rotatable bonds is 3. The van der Waals surface area contributed by atoms with Crippen molar-refractivity contribution in [1.29, 1.82) is 5.26 Å². The van der Waals surface area contributed by atoms with Crippen LogP contribution in [0.1, 0.15) is 52.8 Å². The monoisotopic (exact) mass is 947 g/mol. The molecule has 66 heavy (non-hydrogen) atoms. The Balaban J connectivity index is 0.00000320. The Bertz CT molecular complexity index is 3110. The van der Waals surface area contributed by atoms with Gasteiger partial charge >= 0.3 is 37.1 Å². The SMILES string of the molecule is CC.N#Cc1cc(-n2c3cc(C(F)(F)F)ccc3c3ccc(C(F)(F)F)cc32)c(-n2c3cc(C(F)(F)F)ccc3c3ccc(C(F)(F)F)cc32)cc1-c1ccc(C(F)(F)F)cc1C(F)(F)F. The van der Waals surface area contributed by atoms with E-state index < -0.39 is 121 Å². The van der Waals surface area contributed by atoms with Gasteiger partial charge in [0.15, 0.2) is 0 Å². The van der Waals surface area contributed by atoms with Crippen LogP contribution in [-0.4, -0.2) is 9.13 Å². The molecule has 0 saturated carbocycles. The van der Waals surface area contributed by atoms with E-state index in [1.807, 2.05) is 13.8 Å². The molecule has 2 aromatic heterocycles. The zero-order valence-corrected chi connectivity index (χ0v) is 33.0. The van der Waals surface area contributed by atoms with Gasteiger partial charge in [-0.25, -0.2) is 0 Å². The first-order valence-electron chi connectivity index (χ1n) is 18.8. The molecule has 3 nitrogen and oxygen atoms in total. The second-order valence-electron chi connectivity index (χ2n) is 14.3. The Kier molecular flexibility index (Phi) is 11.2. The molecule has 0 fully saturated rings. The van der Waals surface area contributed by atoms with Crippen molar-refractivity contribution in [3.05, 3.63) is 142 Å². The van der Waals surface area contributed by atoms with E-state index in [-0.39, 0.29) is 33.7 Å². The Hall–Kier alpha value is -6.85. The van der Waals surface area contributed by atoms with Crippen LogP contribution in [0.25, 0.3) is 66.1 Å². The van der Waals surface area contributed by atoms with E-state index in [1.54, 1.807) is 0 Å². The van der Waals surface area contributed by atoms with E-state index in [0.717, 1.165) is 24.3 Å². The third kappa shape index (κ3) is 8.21. The number of fused-ring (bicyclic) bond motifs is 6. The van der Waals surface area contributed by atoms with Gasteiger partial charge in [-0.15, -0.1) is 0 Å². The van der Waals surface area contributed by atoms with Gasteiger partial charge in [-0.3, -0.25) is 0 Å². The summed E-state index contributed by atoms with van der Waals surface area (Å²) in [5.74, 6) is 0. The average Bonchev–Trinajstić information content (AvgIpc) is 3.73. The summed E-state index contributed by atoms with van der Waals surface area (Å²) in [6.07, 6.45) is -31.7. The van der Waals surface area contributed by atoms with Crippen molar-refractivity contribution in [2.24, 2.45) is 0 Å². The van der Waals surface area contributed by atoms with Crippen LogP contribution in [-0.2, 0) is 37.1 Å². The zero-order chi connectivity index (χ0) is 48.9. The lowest BCUT2D eigenvalue weighted by atomic mass is 9.92. The Morgan fingerprint density at radius 1 is 0.348 bits per heavy atom. The van der Waals surface area contributed by atoms with E-state index in [1.165, 1.54) is 6.07 Å². The summed E-state index contributed by atoms with van der Waals surface area (Å²) in [6.45, 7) is 4.00. The highest BCUT2D eigenvalue weighted by Gasteiger charge is 2.40. The fraction of sp³-hybridized carbons (Fsp3) is 0.178. The molecule has 0 N–H and O–H groups in total. The van der Waals surface area contributed by atoms with E-state index in [4.69, 9.17) is 0 Å². The van der Waals surface area contributed by atoms with Crippen LogP contribution in [0.4, 0.5) is 79.0 Å². The maximum Gasteiger partial charge on any atom is 0.417 e. The smallest absolute Gasteiger partial charge is 0.307 e. The van der Waals surface area contributed by atoms with Gasteiger partial charge in [0.1, 0.15) is 0 Å². The molecule has 8 rings (SSSR count). The Morgan fingerprint density at radius 3 is 0.924 bits per heavy atom. The zero-order valence-electron chi connectivity index (χ0n) is 33.0. The Labute approximate surface area is 358 Å². The maximum absolute atomic E-state index is 14.7. The topological polar surface area (TPSA) is 33.6 Å². The molecule has 0 spiro atoms. The number of alkyl halides is 18. The minimum atomic E-state index is -5.65. The highest BCUT2D eigenvalue weighted by Crippen LogP contribution is 2.48. The number of nitrogens with zero attached hydrogens (tertiary/aromatic N) is 3. The van der Waals surface area contributed by atoms with Gasteiger partial charge in [-0.2, -0.15) is 84.3 Å². The molecule has 2 heterocycles. The van der Waals surface area contributed by atoms with E-state index >= 15 is 0 Å². The lowest BCUT2D eigenvalue weighted by molar-refractivity contribution is -0.143. The summed E-state index contributed by atoms with van der Waals surface area (Å²) in [5, 5.41) is 9.52. The summed E-state index contributed by atoms with van der Waals surface area (Å²) in [4.78, 5) is 0. The van der Waals surface area contributed by atoms with E-state index in [2.05, 4.69) is 0 Å². The molecule has 0 aliphatic heterocycles. The number of benzene rings is 6. The van der Waals surface area contributed by atoms with E-state index in [0.29, 0.717) is 75.9 Å². The first-order chi connectivity index (χ1) is 30.5. The van der Waals surface area contributed by atoms with Crippen LogP contribution in [0, 0.1) is 11.3 Å². The van der Waals surface area contributed by atoms with Crippen molar-refractivity contribution in [2.75, 3.05) is 0 Å². The second kappa shape index (κ2) is 15.7. The highest BCUT2D eigenvalue weighted by atomic mass is 19.4. The molecular weight excluding hydrogens is 924 g/mol. The molecule has 0 aliphatic rings. The fourth-order valence-corrected chi connectivity index (χ4v) is 7.70. The lowest BCUT2D eigenvalue weighted by Gasteiger charge is -2.22. The predicted molar refractivity (Wildman–Crippen MR) is 207 cm³/mol. The molecule has 6 aromatic carbocycles. The minimum Gasteiger partial charge on any atom is -0.307 e. The van der Waals surface area contributed by atoms with Gasteiger partial charge in [0.2, 0.25) is 0 Å². The number of nitriles is 1. The summed E-state index contributed by atoms with van der Waals surface area (Å²) in [5.41, 5.74) is -16.8. The summed E-state index contributed by atoms with van der Waals surface area (Å²) >= 11 is 0. The van der Waals surface area contributed by atoms with Crippen LogP contribution in [0.5, 0.6) is 0 Å². The van der Waals surface area contributed by atoms with Crippen LogP contribution in [0.15, 0.2) is 103 Å². The van der Waals surface area contributed by atoms with Crippen molar-refractivity contribution in [1.82, 2.24) is 9.13 Å². The van der Waals surface area contributed by atoms with E-state index in [9.17, 15) is 84.3 Å². The molecule has 0 radical (unpaired) electrons. The van der Waals surface area contributed by atoms with Gasteiger partial charge in [0, 0.05) is 27.1 Å². The van der Waals surface area contributed by atoms with Crippen molar-refractivity contribution < 1.29 is 79.0 Å². The molecule has 8 aromatic rings. The largest absolute Gasteiger partial charge is 0.417 e. The Morgan fingerprint density at radius 2 is 0.636 bits per heavy atom. The first kappa shape index (κ1) is 47.1. The van der Waals surface area contributed by atoms with Crippen molar-refractivity contribution in [2.45, 2.75) is 50.9 Å². The van der Waals surface area contributed by atoms with Gasteiger partial charge in [0.05, 0.1) is 78.5 Å². The summed E-state index contributed by atoms with van der Waals surface area (Å²) in [7, 11) is 0. The molecule has 21 heteroatoms. The van der Waals surface area contributed by atoms with Gasteiger partial charge in [-0.05, 0) is 78.4 Å². The standard InChI is InChI=1S/C43H17F18N3.C2H6/c44-38(45,46)20-1-6-25(31(12-20)43(59,60)61)30-17-37(64-34-15-23(41(53,54)55)4-9-28(34)29-10-5-24(16-35(29)64)42(56,57)58)36(11-19(30)18-62)63-32-13-21(39(47,48)49)2-7-26(32)27-8-3-22(14-33(27)63)40(50,51)52;1-2/h1-17H;1-2H3. The predicted octanol–water partition coefficient (Wildman–Crippen LogP) is 16.6. The lowest BCUT2D eigenvalue weighted by Crippen LogP contribution is -2.13. The molecular formula is C45H23F18N3. The average molecular weight is 948 g/mol. The van der Waals surface area contributed by atoms with Gasteiger partial charge in [-0.1, -0.05) is 44.2 Å². The maximum atomic E-state index is 14.7. The second-order valence-corrected chi connectivity index (χ2v) is 14.3. The third-order valence-electron chi connectivity index (χ3n) is 10.5. The van der Waals surface area contributed by atoms with Crippen LogP contribution in [0.3, 0.4) is 0 Å². The van der Waals surface area contributed by atoms with Gasteiger partial charge in [0.25, 0.3) is 0 Å². The van der Waals surface area contributed by atoms with Crippen molar-refractivity contribution in [3.8, 4) is 28.6 Å².